The van der Waals surface area contributed by atoms with Gasteiger partial charge in [-0.2, -0.15) is 4.99 Å². The van der Waals surface area contributed by atoms with Crippen LogP contribution in [0.2, 0.25) is 0 Å². The number of isocyanates is 1. The Balaban J connectivity index is 2.54. The molecule has 3 heteroatoms. The number of aryl methyl sites for hydroxylation is 1. The molecule has 0 atom stereocenters. The molecule has 1 aliphatic rings. The quantitative estimate of drug-likeness (QED) is 0.628. The van der Waals surface area contributed by atoms with Crippen molar-refractivity contribution in [2.24, 2.45) is 4.99 Å². The van der Waals surface area contributed by atoms with Gasteiger partial charge < -0.3 is 5.11 Å². The molecule has 1 aliphatic carbocycles. The smallest absolute Gasteiger partial charge is 0.235 e. The fourth-order valence-corrected chi connectivity index (χ4v) is 2.62. The number of benzene rings is 1. The van der Waals surface area contributed by atoms with Gasteiger partial charge in [-0.3, -0.25) is 0 Å². The van der Waals surface area contributed by atoms with Crippen molar-refractivity contribution in [3.63, 3.8) is 0 Å². The van der Waals surface area contributed by atoms with Crippen LogP contribution in [0.3, 0.4) is 0 Å². The van der Waals surface area contributed by atoms with E-state index in [0.717, 1.165) is 42.4 Å². The third-order valence-electron chi connectivity index (χ3n) is 3.87. The van der Waals surface area contributed by atoms with E-state index in [9.17, 15) is 9.90 Å². The van der Waals surface area contributed by atoms with Crippen LogP contribution in [-0.2, 0) is 10.3 Å². The van der Waals surface area contributed by atoms with Gasteiger partial charge in [0.25, 0.3) is 0 Å². The molecule has 0 bridgehead atoms. The first-order chi connectivity index (χ1) is 8.09. The number of phenols is 1. The Morgan fingerprint density at radius 2 is 1.94 bits per heavy atom. The van der Waals surface area contributed by atoms with Gasteiger partial charge in [0.1, 0.15) is 5.75 Å². The highest BCUT2D eigenvalue weighted by molar-refractivity contribution is 5.46. The number of nitrogens with zero attached hydrogens (tertiary/aromatic N) is 1. The van der Waals surface area contributed by atoms with Crippen molar-refractivity contribution in [2.75, 3.05) is 0 Å². The number of rotatable bonds is 2. The van der Waals surface area contributed by atoms with Gasteiger partial charge in [-0.25, -0.2) is 4.79 Å². The molecule has 2 rings (SSSR count). The minimum atomic E-state index is -0.447. The second kappa shape index (κ2) is 4.34. The molecule has 1 saturated carbocycles. The summed E-state index contributed by atoms with van der Waals surface area (Å²) in [5.74, 6) is 0.285. The molecule has 0 unspecified atom stereocenters. The lowest BCUT2D eigenvalue weighted by Crippen LogP contribution is -2.19. The van der Waals surface area contributed by atoms with Crippen LogP contribution in [0.1, 0.15) is 42.4 Å². The highest BCUT2D eigenvalue weighted by Gasteiger charge is 2.36. The summed E-state index contributed by atoms with van der Waals surface area (Å²) in [5, 5.41) is 9.88. The molecule has 0 heterocycles. The van der Waals surface area contributed by atoms with Crippen LogP contribution >= 0.6 is 0 Å². The van der Waals surface area contributed by atoms with Crippen LogP contribution in [0, 0.1) is 13.8 Å². The van der Waals surface area contributed by atoms with Gasteiger partial charge in [0.15, 0.2) is 0 Å². The Morgan fingerprint density at radius 1 is 1.29 bits per heavy atom. The first-order valence-corrected chi connectivity index (χ1v) is 5.99. The van der Waals surface area contributed by atoms with Crippen molar-refractivity contribution in [1.82, 2.24) is 0 Å². The zero-order chi connectivity index (χ0) is 12.5. The highest BCUT2D eigenvalue weighted by atomic mass is 16.3. The van der Waals surface area contributed by atoms with Crippen LogP contribution in [0.5, 0.6) is 5.75 Å². The van der Waals surface area contributed by atoms with Crippen LogP contribution in [0.4, 0.5) is 0 Å². The number of aromatic hydroxyl groups is 1. The first kappa shape index (κ1) is 11.9. The fraction of sp³-hybridized carbons (Fsp3) is 0.500. The lowest BCUT2D eigenvalue weighted by atomic mass is 9.87. The van der Waals surface area contributed by atoms with E-state index in [1.165, 1.54) is 0 Å². The molecule has 0 aliphatic heterocycles. The first-order valence-electron chi connectivity index (χ1n) is 5.99. The molecule has 0 spiro atoms. The third kappa shape index (κ3) is 1.98. The molecule has 0 radical (unpaired) electrons. The van der Waals surface area contributed by atoms with E-state index in [-0.39, 0.29) is 5.75 Å². The minimum absolute atomic E-state index is 0.285. The van der Waals surface area contributed by atoms with E-state index in [1.807, 2.05) is 19.9 Å². The number of aliphatic imine (C=N–C) groups is 1. The fourth-order valence-electron chi connectivity index (χ4n) is 2.62. The van der Waals surface area contributed by atoms with Crippen LogP contribution < -0.4 is 0 Å². The summed E-state index contributed by atoms with van der Waals surface area (Å²) < 4.78 is 0. The Hall–Kier alpha value is -1.60. The van der Waals surface area contributed by atoms with E-state index in [0.29, 0.717) is 0 Å². The molecule has 17 heavy (non-hydrogen) atoms. The molecule has 3 nitrogen and oxygen atoms in total. The maximum Gasteiger partial charge on any atom is 0.235 e. The Morgan fingerprint density at radius 3 is 2.47 bits per heavy atom. The zero-order valence-corrected chi connectivity index (χ0v) is 10.3. The zero-order valence-electron chi connectivity index (χ0n) is 10.3. The molecule has 1 N–H and O–H groups in total. The van der Waals surface area contributed by atoms with Crippen molar-refractivity contribution in [3.05, 3.63) is 28.8 Å². The minimum Gasteiger partial charge on any atom is -0.508 e. The summed E-state index contributed by atoms with van der Waals surface area (Å²) >= 11 is 0. The van der Waals surface area contributed by atoms with Gasteiger partial charge in [0.05, 0.1) is 5.54 Å². The highest BCUT2D eigenvalue weighted by Crippen LogP contribution is 2.43. The van der Waals surface area contributed by atoms with E-state index >= 15 is 0 Å². The van der Waals surface area contributed by atoms with Gasteiger partial charge in [0, 0.05) is 0 Å². The second-order valence-corrected chi connectivity index (χ2v) is 4.88. The lowest BCUT2D eigenvalue weighted by molar-refractivity contribution is 0.441. The third-order valence-corrected chi connectivity index (χ3v) is 3.87. The Bertz CT molecular complexity index is 458. The molecule has 0 saturated heterocycles. The molecular weight excluding hydrogens is 214 g/mol. The largest absolute Gasteiger partial charge is 0.508 e. The summed E-state index contributed by atoms with van der Waals surface area (Å²) in [6, 6.07) is 3.77. The monoisotopic (exact) mass is 231 g/mol. The molecule has 90 valence electrons. The van der Waals surface area contributed by atoms with Crippen molar-refractivity contribution < 1.29 is 9.90 Å². The van der Waals surface area contributed by atoms with Gasteiger partial charge >= 0.3 is 0 Å². The van der Waals surface area contributed by atoms with Crippen molar-refractivity contribution >= 4 is 6.08 Å². The molecular formula is C14H17NO2. The van der Waals surface area contributed by atoms with Crippen LogP contribution in [0.15, 0.2) is 17.1 Å². The van der Waals surface area contributed by atoms with Crippen molar-refractivity contribution in [1.29, 1.82) is 0 Å². The Labute approximate surface area is 101 Å². The Kier molecular flexibility index (Phi) is 3.03. The lowest BCUT2D eigenvalue weighted by Gasteiger charge is -2.24. The normalized spacial score (nSPS) is 17.8. The number of hydrogen-bond donors (Lipinski definition) is 1. The second-order valence-electron chi connectivity index (χ2n) is 4.88. The summed E-state index contributed by atoms with van der Waals surface area (Å²) in [7, 11) is 0. The van der Waals surface area contributed by atoms with Gasteiger partial charge in [-0.15, -0.1) is 0 Å². The standard InChI is InChI=1S/C14H17NO2/c1-10-7-12(8-13(17)11(10)2)14(15-9-16)5-3-4-6-14/h7-8,17H,3-6H2,1-2H3. The van der Waals surface area contributed by atoms with Gasteiger partial charge in [-0.05, 0) is 49.4 Å². The van der Waals surface area contributed by atoms with Crippen LogP contribution in [0.25, 0.3) is 0 Å². The van der Waals surface area contributed by atoms with E-state index in [2.05, 4.69) is 4.99 Å². The van der Waals surface area contributed by atoms with Crippen molar-refractivity contribution in [3.8, 4) is 5.75 Å². The van der Waals surface area contributed by atoms with Crippen molar-refractivity contribution in [2.45, 2.75) is 45.1 Å². The summed E-state index contributed by atoms with van der Waals surface area (Å²) in [4.78, 5) is 14.6. The number of hydrogen-bond acceptors (Lipinski definition) is 3. The van der Waals surface area contributed by atoms with Gasteiger partial charge in [-0.1, -0.05) is 18.9 Å². The topological polar surface area (TPSA) is 49.7 Å². The number of phenolic OH excluding ortho intramolecular Hbond substituents is 1. The maximum atomic E-state index is 10.6. The van der Waals surface area contributed by atoms with E-state index in [4.69, 9.17) is 0 Å². The average molecular weight is 231 g/mol. The van der Waals surface area contributed by atoms with Gasteiger partial charge in [0.2, 0.25) is 6.08 Å². The summed E-state index contributed by atoms with van der Waals surface area (Å²) in [6.45, 7) is 3.85. The van der Waals surface area contributed by atoms with E-state index in [1.54, 1.807) is 12.1 Å². The maximum absolute atomic E-state index is 10.6. The number of carbonyl (C=O) groups excluding carboxylic acids is 1. The SMILES string of the molecule is Cc1cc(C2(N=C=O)CCCC2)cc(O)c1C. The predicted molar refractivity (Wildman–Crippen MR) is 65.8 cm³/mol. The molecule has 0 amide bonds. The average Bonchev–Trinajstić information content (AvgIpc) is 2.75. The molecule has 1 fully saturated rings. The molecule has 1 aromatic rings. The van der Waals surface area contributed by atoms with Crippen LogP contribution in [-0.4, -0.2) is 11.2 Å². The predicted octanol–water partition coefficient (Wildman–Crippen LogP) is 3.11. The summed E-state index contributed by atoms with van der Waals surface area (Å²) in [6.07, 6.45) is 5.56. The molecule has 1 aromatic carbocycles. The molecule has 0 aromatic heterocycles. The van der Waals surface area contributed by atoms with E-state index < -0.39 is 5.54 Å². The summed E-state index contributed by atoms with van der Waals surface area (Å²) in [5.41, 5.74) is 2.42.